The number of hydrogen-bond acceptors (Lipinski definition) is 5. The molecule has 7 nitrogen and oxygen atoms in total. The molecule has 1 amide bonds. The number of benzene rings is 1. The Morgan fingerprint density at radius 3 is 2.89 bits per heavy atom. The molecule has 0 bridgehead atoms. The summed E-state index contributed by atoms with van der Waals surface area (Å²) in [5, 5.41) is 7.36. The SMILES string of the molecule is COC(=O)c1ccc2c(c1)C(CNC(=O)c1ccn(CCN(C)C)n1)CCC2. The molecule has 28 heavy (non-hydrogen) atoms. The number of aryl methyl sites for hydroxylation is 1. The summed E-state index contributed by atoms with van der Waals surface area (Å²) < 4.78 is 6.62. The van der Waals surface area contributed by atoms with Gasteiger partial charge in [-0.2, -0.15) is 5.10 Å². The number of hydrogen-bond donors (Lipinski definition) is 1. The van der Waals surface area contributed by atoms with Crippen LogP contribution < -0.4 is 5.32 Å². The van der Waals surface area contributed by atoms with E-state index in [9.17, 15) is 9.59 Å². The predicted molar refractivity (Wildman–Crippen MR) is 107 cm³/mol. The number of likely N-dealkylation sites (N-methyl/N-ethyl adjacent to an activating group) is 1. The molecule has 1 unspecified atom stereocenters. The van der Waals surface area contributed by atoms with Crippen molar-refractivity contribution in [3.8, 4) is 0 Å². The molecule has 0 saturated carbocycles. The first-order valence-electron chi connectivity index (χ1n) is 9.65. The summed E-state index contributed by atoms with van der Waals surface area (Å²) in [5.74, 6) is -0.313. The van der Waals surface area contributed by atoms with E-state index < -0.39 is 0 Å². The Hall–Kier alpha value is -2.67. The van der Waals surface area contributed by atoms with Gasteiger partial charge in [-0.1, -0.05) is 6.07 Å². The fraction of sp³-hybridized carbons (Fsp3) is 0.476. The minimum absolute atomic E-state index is 0.167. The molecule has 1 aliphatic rings. The van der Waals surface area contributed by atoms with Gasteiger partial charge in [0.05, 0.1) is 19.2 Å². The molecule has 1 atom stereocenters. The Morgan fingerprint density at radius 2 is 2.14 bits per heavy atom. The number of nitrogens with zero attached hydrogens (tertiary/aromatic N) is 3. The van der Waals surface area contributed by atoms with Crippen LogP contribution in [0.3, 0.4) is 0 Å². The first-order chi connectivity index (χ1) is 13.5. The van der Waals surface area contributed by atoms with Crippen LogP contribution in [0.2, 0.25) is 0 Å². The van der Waals surface area contributed by atoms with Crippen molar-refractivity contribution in [1.29, 1.82) is 0 Å². The number of fused-ring (bicyclic) bond motifs is 1. The third-order valence-electron chi connectivity index (χ3n) is 5.16. The van der Waals surface area contributed by atoms with E-state index >= 15 is 0 Å². The molecule has 1 N–H and O–H groups in total. The summed E-state index contributed by atoms with van der Waals surface area (Å²) in [6, 6.07) is 7.47. The highest BCUT2D eigenvalue weighted by Gasteiger charge is 2.23. The molecular weight excluding hydrogens is 356 g/mol. The van der Waals surface area contributed by atoms with Gasteiger partial charge in [-0.05, 0) is 62.7 Å². The normalized spacial score (nSPS) is 15.9. The van der Waals surface area contributed by atoms with Crippen LogP contribution >= 0.6 is 0 Å². The van der Waals surface area contributed by atoms with Crippen LogP contribution in [0.25, 0.3) is 0 Å². The van der Waals surface area contributed by atoms with E-state index in [2.05, 4.69) is 15.3 Å². The zero-order valence-electron chi connectivity index (χ0n) is 16.8. The largest absolute Gasteiger partial charge is 0.465 e. The fourth-order valence-corrected chi connectivity index (χ4v) is 3.57. The average molecular weight is 384 g/mol. The minimum Gasteiger partial charge on any atom is -0.465 e. The van der Waals surface area contributed by atoms with E-state index in [1.165, 1.54) is 12.7 Å². The molecule has 0 saturated heterocycles. The molecule has 0 radical (unpaired) electrons. The van der Waals surface area contributed by atoms with Crippen molar-refractivity contribution in [3.05, 3.63) is 52.8 Å². The third kappa shape index (κ3) is 4.78. The van der Waals surface area contributed by atoms with Crippen LogP contribution in [0.1, 0.15) is 50.7 Å². The maximum absolute atomic E-state index is 12.5. The highest BCUT2D eigenvalue weighted by atomic mass is 16.5. The molecule has 7 heteroatoms. The number of aromatic nitrogens is 2. The van der Waals surface area contributed by atoms with Crippen molar-refractivity contribution < 1.29 is 14.3 Å². The number of amides is 1. The summed E-state index contributed by atoms with van der Waals surface area (Å²) in [4.78, 5) is 26.4. The Labute approximate surface area is 165 Å². The standard InChI is InChI=1S/C21H28N4O3/c1-24(2)11-12-25-10-9-19(23-25)20(26)22-14-17-6-4-5-15-7-8-16(13-18(15)17)21(27)28-3/h7-10,13,17H,4-6,11-12,14H2,1-3H3,(H,22,26). The fourth-order valence-electron chi connectivity index (χ4n) is 3.57. The van der Waals surface area contributed by atoms with Gasteiger partial charge in [0, 0.05) is 25.2 Å². The van der Waals surface area contributed by atoms with E-state index in [1.807, 2.05) is 38.5 Å². The first kappa shape index (κ1) is 20.1. The molecule has 1 aliphatic carbocycles. The first-order valence-corrected chi connectivity index (χ1v) is 9.65. The smallest absolute Gasteiger partial charge is 0.337 e. The number of ether oxygens (including phenoxy) is 1. The second-order valence-electron chi connectivity index (χ2n) is 7.47. The summed E-state index contributed by atoms with van der Waals surface area (Å²) in [6.07, 6.45) is 4.88. The van der Waals surface area contributed by atoms with Gasteiger partial charge in [0.1, 0.15) is 5.69 Å². The van der Waals surface area contributed by atoms with Gasteiger partial charge in [0.15, 0.2) is 0 Å². The molecule has 3 rings (SSSR count). The summed E-state index contributed by atoms with van der Waals surface area (Å²) in [5.41, 5.74) is 3.36. The van der Waals surface area contributed by atoms with E-state index in [0.29, 0.717) is 17.8 Å². The molecule has 2 aromatic rings. The lowest BCUT2D eigenvalue weighted by molar-refractivity contribution is 0.0600. The van der Waals surface area contributed by atoms with Gasteiger partial charge < -0.3 is 15.0 Å². The van der Waals surface area contributed by atoms with E-state index in [1.54, 1.807) is 10.7 Å². The van der Waals surface area contributed by atoms with Crippen LogP contribution in [0.5, 0.6) is 0 Å². The summed E-state index contributed by atoms with van der Waals surface area (Å²) in [6.45, 7) is 2.14. The number of carbonyl (C=O) groups excluding carboxylic acids is 2. The quantitative estimate of drug-likeness (QED) is 0.740. The van der Waals surface area contributed by atoms with Gasteiger partial charge in [-0.3, -0.25) is 9.48 Å². The van der Waals surface area contributed by atoms with Crippen molar-refractivity contribution in [3.63, 3.8) is 0 Å². The highest BCUT2D eigenvalue weighted by molar-refractivity contribution is 5.92. The van der Waals surface area contributed by atoms with Gasteiger partial charge in [-0.25, -0.2) is 4.79 Å². The van der Waals surface area contributed by atoms with Gasteiger partial charge >= 0.3 is 5.97 Å². The number of esters is 1. The lowest BCUT2D eigenvalue weighted by atomic mass is 9.82. The third-order valence-corrected chi connectivity index (χ3v) is 5.16. The minimum atomic E-state index is -0.334. The lowest BCUT2D eigenvalue weighted by Gasteiger charge is -2.26. The molecule has 1 heterocycles. The van der Waals surface area contributed by atoms with Crippen molar-refractivity contribution in [1.82, 2.24) is 20.0 Å². The van der Waals surface area contributed by atoms with E-state index in [0.717, 1.165) is 37.9 Å². The maximum Gasteiger partial charge on any atom is 0.337 e. The molecule has 0 aliphatic heterocycles. The summed E-state index contributed by atoms with van der Waals surface area (Å²) in [7, 11) is 5.40. The van der Waals surface area contributed by atoms with Crippen LogP contribution in [-0.4, -0.2) is 60.9 Å². The molecule has 1 aromatic carbocycles. The summed E-state index contributed by atoms with van der Waals surface area (Å²) >= 11 is 0. The predicted octanol–water partition coefficient (Wildman–Crippen LogP) is 2.08. The van der Waals surface area contributed by atoms with E-state index in [4.69, 9.17) is 4.74 Å². The molecular formula is C21H28N4O3. The van der Waals surface area contributed by atoms with Crippen molar-refractivity contribution in [2.45, 2.75) is 31.7 Å². The molecule has 150 valence electrons. The van der Waals surface area contributed by atoms with Crippen molar-refractivity contribution in [2.75, 3.05) is 34.3 Å². The highest BCUT2D eigenvalue weighted by Crippen LogP contribution is 2.32. The van der Waals surface area contributed by atoms with E-state index in [-0.39, 0.29) is 17.8 Å². The second-order valence-corrected chi connectivity index (χ2v) is 7.47. The van der Waals surface area contributed by atoms with Crippen LogP contribution in [0.15, 0.2) is 30.5 Å². The average Bonchev–Trinajstić information content (AvgIpc) is 3.18. The molecule has 0 spiro atoms. The lowest BCUT2D eigenvalue weighted by Crippen LogP contribution is -2.30. The monoisotopic (exact) mass is 384 g/mol. The van der Waals surface area contributed by atoms with Crippen molar-refractivity contribution >= 4 is 11.9 Å². The number of nitrogens with one attached hydrogen (secondary N) is 1. The van der Waals surface area contributed by atoms with Crippen LogP contribution in [0, 0.1) is 0 Å². The second kappa shape index (κ2) is 9.01. The Bertz CT molecular complexity index is 844. The van der Waals surface area contributed by atoms with Gasteiger partial charge in [0.2, 0.25) is 0 Å². The molecule has 0 fully saturated rings. The topological polar surface area (TPSA) is 76.5 Å². The zero-order valence-corrected chi connectivity index (χ0v) is 16.8. The van der Waals surface area contributed by atoms with Crippen molar-refractivity contribution in [2.24, 2.45) is 0 Å². The molecule has 1 aromatic heterocycles. The van der Waals surface area contributed by atoms with Gasteiger partial charge in [-0.15, -0.1) is 0 Å². The van der Waals surface area contributed by atoms with Crippen LogP contribution in [-0.2, 0) is 17.7 Å². The number of methoxy groups -OCH3 is 1. The number of rotatable bonds is 7. The van der Waals surface area contributed by atoms with Gasteiger partial charge in [0.25, 0.3) is 5.91 Å². The number of carbonyl (C=O) groups is 2. The Balaban J connectivity index is 1.64. The zero-order chi connectivity index (χ0) is 20.1. The Kier molecular flexibility index (Phi) is 6.46. The van der Waals surface area contributed by atoms with Crippen LogP contribution in [0.4, 0.5) is 0 Å². The Morgan fingerprint density at radius 1 is 1.32 bits per heavy atom. The maximum atomic E-state index is 12.5.